The molecule has 0 saturated heterocycles. The van der Waals surface area contributed by atoms with E-state index in [0.717, 1.165) is 24.2 Å². The lowest BCUT2D eigenvalue weighted by atomic mass is 10.2. The van der Waals surface area contributed by atoms with Crippen LogP contribution in [0.3, 0.4) is 0 Å². The number of nitrogens with one attached hydrogen (secondary N) is 3. The number of aromatic nitrogens is 1. The second-order valence-electron chi connectivity index (χ2n) is 4.93. The molecule has 0 aromatic carbocycles. The minimum absolute atomic E-state index is 0.00518. The Kier molecular flexibility index (Phi) is 4.55. The molecule has 1 aromatic heterocycles. The van der Waals surface area contributed by atoms with Crippen LogP contribution in [0.15, 0.2) is 12.3 Å². The van der Waals surface area contributed by atoms with Crippen LogP contribution in [0.1, 0.15) is 35.8 Å². The number of pyridine rings is 1. The molecule has 6 heteroatoms. The second-order valence-corrected chi connectivity index (χ2v) is 4.93. The van der Waals surface area contributed by atoms with Gasteiger partial charge >= 0.3 is 0 Å². The molecule has 1 aliphatic rings. The molecule has 6 nitrogen and oxygen atoms in total. The van der Waals surface area contributed by atoms with Crippen LogP contribution in [0, 0.1) is 6.92 Å². The first-order chi connectivity index (χ1) is 9.60. The molecule has 1 fully saturated rings. The molecule has 0 aliphatic heterocycles. The maximum Gasteiger partial charge on any atom is 0.255 e. The molecule has 1 heterocycles. The van der Waals surface area contributed by atoms with Crippen molar-refractivity contribution in [3.63, 3.8) is 0 Å². The first-order valence-electron chi connectivity index (χ1n) is 6.88. The molecule has 0 unspecified atom stereocenters. The van der Waals surface area contributed by atoms with Crippen molar-refractivity contribution in [1.29, 1.82) is 0 Å². The Bertz CT molecular complexity index is 512. The van der Waals surface area contributed by atoms with Crippen molar-refractivity contribution in [2.45, 2.75) is 32.7 Å². The van der Waals surface area contributed by atoms with E-state index in [1.54, 1.807) is 0 Å². The number of aryl methyl sites for hydroxylation is 1. The number of amides is 2. The predicted molar refractivity (Wildman–Crippen MR) is 76.6 cm³/mol. The highest BCUT2D eigenvalue weighted by Crippen LogP contribution is 2.18. The number of carbonyl (C=O) groups excluding carboxylic acids is 2. The summed E-state index contributed by atoms with van der Waals surface area (Å²) in [5, 5.41) is 8.57. The van der Waals surface area contributed by atoms with E-state index in [9.17, 15) is 9.59 Å². The fourth-order valence-electron chi connectivity index (χ4n) is 1.84. The van der Waals surface area contributed by atoms with E-state index in [-0.39, 0.29) is 18.4 Å². The molecule has 0 atom stereocenters. The Morgan fingerprint density at radius 1 is 1.40 bits per heavy atom. The normalized spacial score (nSPS) is 13.7. The van der Waals surface area contributed by atoms with Crippen molar-refractivity contribution >= 4 is 17.5 Å². The van der Waals surface area contributed by atoms with Gasteiger partial charge in [0.15, 0.2) is 0 Å². The number of rotatable bonds is 6. The molecule has 0 radical (unpaired) electrons. The summed E-state index contributed by atoms with van der Waals surface area (Å²) in [5.74, 6) is -0.440. The highest BCUT2D eigenvalue weighted by Gasteiger charge is 2.23. The Hall–Kier alpha value is -2.11. The lowest BCUT2D eigenvalue weighted by Gasteiger charge is -2.11. The third kappa shape index (κ3) is 3.94. The summed E-state index contributed by atoms with van der Waals surface area (Å²) in [6, 6.07) is 2.13. The van der Waals surface area contributed by atoms with Gasteiger partial charge in [0.05, 0.1) is 17.8 Å². The predicted octanol–water partition coefficient (Wildman–Crippen LogP) is 0.830. The van der Waals surface area contributed by atoms with Gasteiger partial charge in [-0.05, 0) is 32.8 Å². The van der Waals surface area contributed by atoms with E-state index in [1.807, 2.05) is 19.9 Å². The summed E-state index contributed by atoms with van der Waals surface area (Å²) in [6.45, 7) is 4.53. The maximum absolute atomic E-state index is 12.1. The van der Waals surface area contributed by atoms with E-state index < -0.39 is 0 Å². The minimum atomic E-state index is -0.292. The molecule has 2 rings (SSSR count). The highest BCUT2D eigenvalue weighted by molar-refractivity contribution is 6.00. The van der Waals surface area contributed by atoms with Gasteiger partial charge in [-0.1, -0.05) is 0 Å². The van der Waals surface area contributed by atoms with Crippen LogP contribution in [-0.4, -0.2) is 35.9 Å². The van der Waals surface area contributed by atoms with Crippen molar-refractivity contribution < 1.29 is 9.59 Å². The van der Waals surface area contributed by atoms with E-state index in [1.165, 1.54) is 6.20 Å². The first-order valence-corrected chi connectivity index (χ1v) is 6.88. The third-order valence-corrected chi connectivity index (χ3v) is 3.00. The molecule has 1 aromatic rings. The van der Waals surface area contributed by atoms with Gasteiger partial charge < -0.3 is 16.0 Å². The summed E-state index contributed by atoms with van der Waals surface area (Å²) in [5.41, 5.74) is 2.03. The van der Waals surface area contributed by atoms with Gasteiger partial charge in [0.1, 0.15) is 0 Å². The monoisotopic (exact) mass is 276 g/mol. The van der Waals surface area contributed by atoms with Gasteiger partial charge in [-0.3, -0.25) is 14.6 Å². The molecular weight excluding hydrogens is 256 g/mol. The smallest absolute Gasteiger partial charge is 0.255 e. The molecule has 1 saturated carbocycles. The summed E-state index contributed by atoms with van der Waals surface area (Å²) < 4.78 is 0. The zero-order valence-corrected chi connectivity index (χ0v) is 11.8. The van der Waals surface area contributed by atoms with Crippen molar-refractivity contribution in [3.8, 4) is 0 Å². The number of hydrogen-bond donors (Lipinski definition) is 3. The topological polar surface area (TPSA) is 83.1 Å². The maximum atomic E-state index is 12.1. The fourth-order valence-corrected chi connectivity index (χ4v) is 1.84. The van der Waals surface area contributed by atoms with Crippen molar-refractivity contribution in [2.24, 2.45) is 0 Å². The van der Waals surface area contributed by atoms with Crippen LogP contribution in [0.5, 0.6) is 0 Å². The largest absolute Gasteiger partial charge is 0.385 e. The van der Waals surface area contributed by atoms with Gasteiger partial charge in [-0.15, -0.1) is 0 Å². The average molecular weight is 276 g/mol. The number of carbonyl (C=O) groups is 2. The zero-order chi connectivity index (χ0) is 14.5. The van der Waals surface area contributed by atoms with Gasteiger partial charge in [0.2, 0.25) is 5.91 Å². The molecule has 0 spiro atoms. The van der Waals surface area contributed by atoms with Crippen LogP contribution in [-0.2, 0) is 4.79 Å². The van der Waals surface area contributed by atoms with Gasteiger partial charge in [-0.2, -0.15) is 0 Å². The molecule has 108 valence electrons. The molecule has 0 bridgehead atoms. The Balaban J connectivity index is 1.95. The van der Waals surface area contributed by atoms with E-state index in [4.69, 9.17) is 0 Å². The Morgan fingerprint density at radius 2 is 2.15 bits per heavy atom. The van der Waals surface area contributed by atoms with Crippen LogP contribution in [0.4, 0.5) is 5.69 Å². The Morgan fingerprint density at radius 3 is 2.80 bits per heavy atom. The van der Waals surface area contributed by atoms with Crippen molar-refractivity contribution in [2.75, 3.05) is 18.4 Å². The third-order valence-electron chi connectivity index (χ3n) is 3.00. The fraction of sp³-hybridized carbons (Fsp3) is 0.500. The Labute approximate surface area is 118 Å². The summed E-state index contributed by atoms with van der Waals surface area (Å²) in [7, 11) is 0. The first kappa shape index (κ1) is 14.3. The van der Waals surface area contributed by atoms with Crippen LogP contribution in [0.25, 0.3) is 0 Å². The number of anilines is 1. The van der Waals surface area contributed by atoms with E-state index in [0.29, 0.717) is 18.2 Å². The minimum Gasteiger partial charge on any atom is -0.385 e. The molecule has 1 aliphatic carbocycles. The van der Waals surface area contributed by atoms with E-state index in [2.05, 4.69) is 20.9 Å². The lowest BCUT2D eigenvalue weighted by molar-refractivity contribution is -0.120. The molecule has 2 amide bonds. The molecule has 3 N–H and O–H groups in total. The number of nitrogens with zero attached hydrogens (tertiary/aromatic N) is 1. The summed E-state index contributed by atoms with van der Waals surface area (Å²) >= 11 is 0. The van der Waals surface area contributed by atoms with Crippen LogP contribution < -0.4 is 16.0 Å². The van der Waals surface area contributed by atoms with Crippen LogP contribution in [0.2, 0.25) is 0 Å². The quantitative estimate of drug-likeness (QED) is 0.718. The summed E-state index contributed by atoms with van der Waals surface area (Å²) in [4.78, 5) is 27.8. The number of hydrogen-bond acceptors (Lipinski definition) is 4. The summed E-state index contributed by atoms with van der Waals surface area (Å²) in [6.07, 6.45) is 3.60. The average Bonchev–Trinajstić information content (AvgIpc) is 3.20. The molecular formula is C14H20N4O2. The van der Waals surface area contributed by atoms with Gasteiger partial charge in [0.25, 0.3) is 5.91 Å². The van der Waals surface area contributed by atoms with Gasteiger partial charge in [-0.25, -0.2) is 0 Å². The SMILES string of the molecule is CCNc1cc(C)ncc1C(=O)NCC(=O)NC1CC1. The molecule has 20 heavy (non-hydrogen) atoms. The lowest BCUT2D eigenvalue weighted by Crippen LogP contribution is -2.38. The standard InChI is InChI=1S/C14H20N4O2/c1-3-15-12-6-9(2)16-7-11(12)14(20)17-8-13(19)18-10-4-5-10/h6-7,10H,3-5,8H2,1-2H3,(H,15,16)(H,17,20)(H,18,19). The second kappa shape index (κ2) is 6.36. The van der Waals surface area contributed by atoms with Crippen LogP contribution >= 0.6 is 0 Å². The highest BCUT2D eigenvalue weighted by atomic mass is 16.2. The van der Waals surface area contributed by atoms with Crippen molar-refractivity contribution in [1.82, 2.24) is 15.6 Å². The van der Waals surface area contributed by atoms with Gasteiger partial charge in [0, 0.05) is 24.5 Å². The zero-order valence-electron chi connectivity index (χ0n) is 11.8. The van der Waals surface area contributed by atoms with E-state index >= 15 is 0 Å². The van der Waals surface area contributed by atoms with Crippen molar-refractivity contribution in [3.05, 3.63) is 23.5 Å².